The molecule has 4 heteroatoms. The van der Waals surface area contributed by atoms with Crippen molar-refractivity contribution in [1.29, 1.82) is 0 Å². The molecule has 2 unspecified atom stereocenters. The van der Waals surface area contributed by atoms with Crippen LogP contribution in [0.25, 0.3) is 0 Å². The summed E-state index contributed by atoms with van der Waals surface area (Å²) in [7, 11) is 0. The Bertz CT molecular complexity index is 360. The molecule has 102 valence electrons. The summed E-state index contributed by atoms with van der Waals surface area (Å²) in [5.74, 6) is 0.935. The monoisotopic (exact) mass is 267 g/mol. The number of nitrogens with one attached hydrogen (secondary N) is 1. The first-order valence-electron chi connectivity index (χ1n) is 7.21. The van der Waals surface area contributed by atoms with Crippen LogP contribution in [0.3, 0.4) is 0 Å². The molecule has 2 atom stereocenters. The van der Waals surface area contributed by atoms with E-state index in [-0.39, 0.29) is 0 Å². The van der Waals surface area contributed by atoms with Crippen molar-refractivity contribution in [2.45, 2.75) is 52.6 Å². The van der Waals surface area contributed by atoms with E-state index in [2.05, 4.69) is 36.0 Å². The first kappa shape index (κ1) is 13.8. The van der Waals surface area contributed by atoms with Crippen molar-refractivity contribution in [2.75, 3.05) is 18.0 Å². The van der Waals surface area contributed by atoms with Crippen LogP contribution in [0.4, 0.5) is 5.13 Å². The third-order valence-corrected chi connectivity index (χ3v) is 4.75. The lowest BCUT2D eigenvalue weighted by Gasteiger charge is -2.16. The van der Waals surface area contributed by atoms with Gasteiger partial charge in [0.15, 0.2) is 5.13 Å². The Hall–Kier alpha value is -0.610. The predicted octanol–water partition coefficient (Wildman–Crippen LogP) is 3.27. The van der Waals surface area contributed by atoms with Gasteiger partial charge < -0.3 is 10.2 Å². The van der Waals surface area contributed by atoms with Crippen LogP contribution in [-0.4, -0.2) is 24.1 Å². The van der Waals surface area contributed by atoms with Crippen molar-refractivity contribution in [3.63, 3.8) is 0 Å². The molecule has 0 bridgehead atoms. The number of thiazole rings is 1. The van der Waals surface area contributed by atoms with Gasteiger partial charge in [0, 0.05) is 36.8 Å². The maximum atomic E-state index is 4.52. The Kier molecular flexibility index (Phi) is 5.01. The molecule has 1 aliphatic rings. The van der Waals surface area contributed by atoms with Gasteiger partial charge in [-0.3, -0.25) is 0 Å². The first-order valence-corrected chi connectivity index (χ1v) is 8.03. The highest BCUT2D eigenvalue weighted by Crippen LogP contribution is 2.35. The highest BCUT2D eigenvalue weighted by Gasteiger charge is 2.35. The Morgan fingerprint density at radius 1 is 1.39 bits per heavy atom. The van der Waals surface area contributed by atoms with Crippen LogP contribution in [0.2, 0.25) is 0 Å². The summed E-state index contributed by atoms with van der Waals surface area (Å²) in [4.78, 5) is 8.19. The van der Waals surface area contributed by atoms with Crippen molar-refractivity contribution in [3.05, 3.63) is 11.1 Å². The van der Waals surface area contributed by atoms with Gasteiger partial charge in [0.25, 0.3) is 0 Å². The molecule has 0 aliphatic heterocycles. The second-order valence-corrected chi connectivity index (χ2v) is 6.15. The minimum absolute atomic E-state index is 0.768. The lowest BCUT2D eigenvalue weighted by Crippen LogP contribution is -2.21. The zero-order chi connectivity index (χ0) is 13.0. The molecule has 0 saturated heterocycles. The van der Waals surface area contributed by atoms with Crippen molar-refractivity contribution < 1.29 is 0 Å². The summed E-state index contributed by atoms with van der Waals surface area (Å²) in [6, 6.07) is 0.768. The molecule has 1 heterocycles. The van der Waals surface area contributed by atoms with Gasteiger partial charge in [-0.1, -0.05) is 13.3 Å². The fraction of sp³-hybridized carbons (Fsp3) is 0.786. The number of hydrogen-bond donors (Lipinski definition) is 1. The van der Waals surface area contributed by atoms with Gasteiger partial charge in [-0.05, 0) is 32.6 Å². The van der Waals surface area contributed by atoms with Crippen LogP contribution >= 0.6 is 11.3 Å². The second kappa shape index (κ2) is 6.53. The topological polar surface area (TPSA) is 28.2 Å². The third kappa shape index (κ3) is 3.45. The van der Waals surface area contributed by atoms with Gasteiger partial charge in [-0.2, -0.15) is 0 Å². The van der Waals surface area contributed by atoms with Crippen molar-refractivity contribution >= 4 is 16.5 Å². The average Bonchev–Trinajstić information content (AvgIpc) is 2.95. The minimum Gasteiger partial charge on any atom is -0.349 e. The molecule has 0 spiro atoms. The Morgan fingerprint density at radius 2 is 2.17 bits per heavy atom. The highest BCUT2D eigenvalue weighted by atomic mass is 32.1. The zero-order valence-corrected chi connectivity index (χ0v) is 12.6. The Morgan fingerprint density at radius 3 is 2.83 bits per heavy atom. The number of anilines is 1. The van der Waals surface area contributed by atoms with Crippen molar-refractivity contribution in [1.82, 2.24) is 10.3 Å². The maximum Gasteiger partial charge on any atom is 0.185 e. The number of hydrogen-bond acceptors (Lipinski definition) is 4. The summed E-state index contributed by atoms with van der Waals surface area (Å²) in [5.41, 5.74) is 0. The van der Waals surface area contributed by atoms with Crippen LogP contribution in [0.5, 0.6) is 0 Å². The molecule has 0 aromatic carbocycles. The molecule has 1 N–H and O–H groups in total. The summed E-state index contributed by atoms with van der Waals surface area (Å²) >= 11 is 1.83. The standard InChI is InChI=1S/C14H25N3S/c1-4-7-11-8-13(11)15-9-12-10-16-14(18-12)17(5-2)6-3/h10-11,13,15H,4-9H2,1-3H3. The van der Waals surface area contributed by atoms with E-state index >= 15 is 0 Å². The van der Waals surface area contributed by atoms with E-state index in [0.29, 0.717) is 0 Å². The molecular formula is C14H25N3S. The Labute approximate surface area is 115 Å². The molecule has 0 radical (unpaired) electrons. The molecular weight excluding hydrogens is 242 g/mol. The van der Waals surface area contributed by atoms with Gasteiger partial charge in [0.2, 0.25) is 0 Å². The highest BCUT2D eigenvalue weighted by molar-refractivity contribution is 7.15. The minimum atomic E-state index is 0.768. The average molecular weight is 267 g/mol. The molecule has 1 aliphatic carbocycles. The van der Waals surface area contributed by atoms with Crippen LogP contribution in [-0.2, 0) is 6.54 Å². The van der Waals surface area contributed by atoms with Gasteiger partial charge in [0.05, 0.1) is 0 Å². The number of nitrogens with zero attached hydrogens (tertiary/aromatic N) is 2. The molecule has 1 fully saturated rings. The normalized spacial score (nSPS) is 22.2. The SMILES string of the molecule is CCCC1CC1NCc1cnc(N(CC)CC)s1. The predicted molar refractivity (Wildman–Crippen MR) is 79.3 cm³/mol. The molecule has 18 heavy (non-hydrogen) atoms. The maximum absolute atomic E-state index is 4.52. The van der Waals surface area contributed by atoms with Crippen molar-refractivity contribution in [2.24, 2.45) is 5.92 Å². The van der Waals surface area contributed by atoms with Crippen LogP contribution < -0.4 is 10.2 Å². The molecule has 1 saturated carbocycles. The fourth-order valence-corrected chi connectivity index (χ4v) is 3.43. The van der Waals surface area contributed by atoms with Crippen molar-refractivity contribution in [3.8, 4) is 0 Å². The second-order valence-electron chi connectivity index (χ2n) is 5.05. The third-order valence-electron chi connectivity index (χ3n) is 3.70. The van der Waals surface area contributed by atoms with E-state index < -0.39 is 0 Å². The summed E-state index contributed by atoms with van der Waals surface area (Å²) in [6.07, 6.45) is 6.10. The molecule has 0 amide bonds. The fourth-order valence-electron chi connectivity index (χ4n) is 2.44. The zero-order valence-electron chi connectivity index (χ0n) is 11.8. The summed E-state index contributed by atoms with van der Waals surface area (Å²) in [5, 5.41) is 4.81. The van der Waals surface area contributed by atoms with E-state index in [1.165, 1.54) is 24.1 Å². The van der Waals surface area contributed by atoms with Gasteiger partial charge >= 0.3 is 0 Å². The van der Waals surface area contributed by atoms with E-state index in [1.807, 2.05) is 17.5 Å². The number of aromatic nitrogens is 1. The lowest BCUT2D eigenvalue weighted by molar-refractivity contribution is 0.602. The van der Waals surface area contributed by atoms with Crippen LogP contribution in [0.15, 0.2) is 6.20 Å². The van der Waals surface area contributed by atoms with E-state index in [0.717, 1.165) is 36.7 Å². The van der Waals surface area contributed by atoms with E-state index in [9.17, 15) is 0 Å². The van der Waals surface area contributed by atoms with Crippen LogP contribution in [0.1, 0.15) is 44.9 Å². The van der Waals surface area contributed by atoms with Crippen LogP contribution in [0, 0.1) is 5.92 Å². The largest absolute Gasteiger partial charge is 0.349 e. The van der Waals surface area contributed by atoms with Gasteiger partial charge in [0.1, 0.15) is 0 Å². The first-order chi connectivity index (χ1) is 8.78. The van der Waals surface area contributed by atoms with Gasteiger partial charge in [-0.15, -0.1) is 11.3 Å². The summed E-state index contributed by atoms with van der Waals surface area (Å²) in [6.45, 7) is 9.71. The quantitative estimate of drug-likeness (QED) is 0.783. The van der Waals surface area contributed by atoms with E-state index in [1.54, 1.807) is 0 Å². The molecule has 2 rings (SSSR count). The molecule has 1 aromatic rings. The van der Waals surface area contributed by atoms with E-state index in [4.69, 9.17) is 0 Å². The lowest BCUT2D eigenvalue weighted by atomic mass is 10.2. The van der Waals surface area contributed by atoms with Gasteiger partial charge in [-0.25, -0.2) is 4.98 Å². The molecule has 3 nitrogen and oxygen atoms in total. The smallest absolute Gasteiger partial charge is 0.185 e. The summed E-state index contributed by atoms with van der Waals surface area (Å²) < 4.78 is 0. The molecule has 1 aromatic heterocycles. The number of rotatable bonds is 8. The Balaban J connectivity index is 1.77.